The molecular formula is C12H13BrN4O2. The van der Waals surface area contributed by atoms with Crippen molar-refractivity contribution in [1.82, 2.24) is 15.1 Å². The molecule has 0 spiro atoms. The molecule has 0 aliphatic carbocycles. The van der Waals surface area contributed by atoms with Crippen LogP contribution in [0.4, 0.5) is 10.5 Å². The number of amides is 1. The number of carbonyl (C=O) groups is 1. The zero-order valence-corrected chi connectivity index (χ0v) is 11.7. The van der Waals surface area contributed by atoms with E-state index in [1.165, 1.54) is 4.90 Å². The van der Waals surface area contributed by atoms with Gasteiger partial charge in [0.15, 0.2) is 0 Å². The molecule has 1 aliphatic rings. The van der Waals surface area contributed by atoms with E-state index in [0.717, 1.165) is 21.1 Å². The van der Waals surface area contributed by atoms with E-state index in [2.05, 4.69) is 31.0 Å². The van der Waals surface area contributed by atoms with Crippen molar-refractivity contribution in [2.24, 2.45) is 0 Å². The third kappa shape index (κ3) is 2.14. The molecule has 2 aromatic rings. The third-order valence-corrected chi connectivity index (χ3v) is 4.12. The molecule has 0 unspecified atom stereocenters. The Hall–Kier alpha value is -1.76. The first-order chi connectivity index (χ1) is 9.16. The van der Waals surface area contributed by atoms with Gasteiger partial charge >= 0.3 is 6.09 Å². The maximum absolute atomic E-state index is 10.9. The number of hydrogen-bond acceptors (Lipinski definition) is 3. The number of rotatable bonds is 1. The number of aromatic nitrogens is 2. The predicted molar refractivity (Wildman–Crippen MR) is 75.6 cm³/mol. The minimum Gasteiger partial charge on any atom is -0.465 e. The molecule has 3 rings (SSSR count). The number of benzene rings is 1. The normalized spacial score (nSPS) is 16.1. The molecule has 0 bridgehead atoms. The van der Waals surface area contributed by atoms with Crippen LogP contribution in [0.3, 0.4) is 0 Å². The van der Waals surface area contributed by atoms with Gasteiger partial charge in [-0.3, -0.25) is 5.10 Å². The molecule has 1 aliphatic heterocycles. The number of halogens is 1. The van der Waals surface area contributed by atoms with Crippen molar-refractivity contribution >= 4 is 38.6 Å². The SMILES string of the molecule is O=C(O)N1CCN(c2ccc(Br)c3cn[nH]c23)CC1. The van der Waals surface area contributed by atoms with Gasteiger partial charge in [-0.05, 0) is 12.1 Å². The van der Waals surface area contributed by atoms with Crippen molar-refractivity contribution in [2.75, 3.05) is 31.1 Å². The number of H-pyrrole nitrogens is 1. The van der Waals surface area contributed by atoms with Gasteiger partial charge in [-0.15, -0.1) is 0 Å². The van der Waals surface area contributed by atoms with Crippen LogP contribution in [0, 0.1) is 0 Å². The Balaban J connectivity index is 1.88. The average molecular weight is 325 g/mol. The highest BCUT2D eigenvalue weighted by Crippen LogP contribution is 2.31. The summed E-state index contributed by atoms with van der Waals surface area (Å²) in [6.45, 7) is 2.45. The summed E-state index contributed by atoms with van der Waals surface area (Å²) in [5.41, 5.74) is 2.05. The summed E-state index contributed by atoms with van der Waals surface area (Å²) in [5, 5.41) is 17.1. The molecule has 0 saturated carbocycles. The lowest BCUT2D eigenvalue weighted by Crippen LogP contribution is -2.48. The Labute approximate surface area is 118 Å². The van der Waals surface area contributed by atoms with E-state index >= 15 is 0 Å². The third-order valence-electron chi connectivity index (χ3n) is 3.43. The fraction of sp³-hybridized carbons (Fsp3) is 0.333. The quantitative estimate of drug-likeness (QED) is 0.842. The Bertz CT molecular complexity index is 619. The molecule has 1 amide bonds. The van der Waals surface area contributed by atoms with Crippen LogP contribution in [0.25, 0.3) is 10.9 Å². The van der Waals surface area contributed by atoms with E-state index in [1.54, 1.807) is 6.20 Å². The van der Waals surface area contributed by atoms with Gasteiger partial charge < -0.3 is 14.9 Å². The molecule has 1 fully saturated rings. The summed E-state index contributed by atoms with van der Waals surface area (Å²) in [5.74, 6) is 0. The minimum absolute atomic E-state index is 0.529. The van der Waals surface area contributed by atoms with Crippen LogP contribution in [-0.4, -0.2) is 52.5 Å². The van der Waals surface area contributed by atoms with Crippen molar-refractivity contribution in [3.63, 3.8) is 0 Å². The van der Waals surface area contributed by atoms with Crippen molar-refractivity contribution in [3.05, 3.63) is 22.8 Å². The second kappa shape index (κ2) is 4.73. The van der Waals surface area contributed by atoms with Crippen molar-refractivity contribution in [1.29, 1.82) is 0 Å². The molecule has 100 valence electrons. The van der Waals surface area contributed by atoms with Crippen LogP contribution in [0.15, 0.2) is 22.8 Å². The Kier molecular flexibility index (Phi) is 3.06. The number of fused-ring (bicyclic) bond motifs is 1. The molecule has 6 nitrogen and oxygen atoms in total. The van der Waals surface area contributed by atoms with Gasteiger partial charge in [0.25, 0.3) is 0 Å². The standard InChI is InChI=1S/C12H13BrN4O2/c13-9-1-2-10(11-8(9)7-14-15-11)16-3-5-17(6-4-16)12(18)19/h1-2,7H,3-6H2,(H,14,15)(H,18,19). The number of nitrogens with one attached hydrogen (secondary N) is 1. The highest BCUT2D eigenvalue weighted by atomic mass is 79.9. The van der Waals surface area contributed by atoms with E-state index < -0.39 is 6.09 Å². The van der Waals surface area contributed by atoms with Crippen molar-refractivity contribution in [3.8, 4) is 0 Å². The molecule has 1 aromatic heterocycles. The van der Waals surface area contributed by atoms with Gasteiger partial charge in [-0.25, -0.2) is 4.79 Å². The van der Waals surface area contributed by atoms with Crippen LogP contribution in [0.2, 0.25) is 0 Å². The number of anilines is 1. The van der Waals surface area contributed by atoms with Crippen LogP contribution in [-0.2, 0) is 0 Å². The Morgan fingerprint density at radius 1 is 1.32 bits per heavy atom. The molecule has 0 radical (unpaired) electrons. The van der Waals surface area contributed by atoms with Gasteiger partial charge in [0.2, 0.25) is 0 Å². The second-order valence-corrected chi connectivity index (χ2v) is 5.34. The summed E-state index contributed by atoms with van der Waals surface area (Å²) in [4.78, 5) is 14.5. The van der Waals surface area contributed by atoms with Crippen LogP contribution in [0.5, 0.6) is 0 Å². The molecule has 2 heterocycles. The van der Waals surface area contributed by atoms with E-state index in [4.69, 9.17) is 5.11 Å². The fourth-order valence-electron chi connectivity index (χ4n) is 2.39. The molecular weight excluding hydrogens is 312 g/mol. The van der Waals surface area contributed by atoms with E-state index in [9.17, 15) is 4.79 Å². The maximum atomic E-state index is 10.9. The molecule has 19 heavy (non-hydrogen) atoms. The topological polar surface area (TPSA) is 72.5 Å². The predicted octanol–water partition coefficient (Wildman–Crippen LogP) is 2.13. The lowest BCUT2D eigenvalue weighted by molar-refractivity contribution is 0.142. The fourth-order valence-corrected chi connectivity index (χ4v) is 2.82. The number of nitrogens with zero attached hydrogens (tertiary/aromatic N) is 3. The second-order valence-electron chi connectivity index (χ2n) is 4.48. The number of carboxylic acid groups (broad SMARTS) is 1. The van der Waals surface area contributed by atoms with Crippen molar-refractivity contribution < 1.29 is 9.90 Å². The van der Waals surface area contributed by atoms with Gasteiger partial charge in [0.1, 0.15) is 0 Å². The Morgan fingerprint density at radius 2 is 2.05 bits per heavy atom. The lowest BCUT2D eigenvalue weighted by atomic mass is 10.2. The largest absolute Gasteiger partial charge is 0.465 e. The van der Waals surface area contributed by atoms with Crippen LogP contribution < -0.4 is 4.90 Å². The molecule has 7 heteroatoms. The first-order valence-corrected chi connectivity index (χ1v) is 6.80. The summed E-state index contributed by atoms with van der Waals surface area (Å²) in [6.07, 6.45) is 0.943. The number of piperazine rings is 1. The highest BCUT2D eigenvalue weighted by Gasteiger charge is 2.22. The molecule has 0 atom stereocenters. The summed E-state index contributed by atoms with van der Waals surface area (Å²) < 4.78 is 1.00. The van der Waals surface area contributed by atoms with E-state index in [1.807, 2.05) is 12.1 Å². The smallest absolute Gasteiger partial charge is 0.407 e. The number of aromatic amines is 1. The van der Waals surface area contributed by atoms with Crippen molar-refractivity contribution in [2.45, 2.75) is 0 Å². The Morgan fingerprint density at radius 3 is 2.74 bits per heavy atom. The zero-order valence-electron chi connectivity index (χ0n) is 10.1. The maximum Gasteiger partial charge on any atom is 0.407 e. The average Bonchev–Trinajstić information content (AvgIpc) is 2.89. The molecule has 1 saturated heterocycles. The minimum atomic E-state index is -0.845. The number of hydrogen-bond donors (Lipinski definition) is 2. The monoisotopic (exact) mass is 324 g/mol. The van der Waals surface area contributed by atoms with Crippen LogP contribution in [0.1, 0.15) is 0 Å². The first-order valence-electron chi connectivity index (χ1n) is 6.01. The lowest BCUT2D eigenvalue weighted by Gasteiger charge is -2.34. The summed E-state index contributed by atoms with van der Waals surface area (Å²) >= 11 is 3.50. The van der Waals surface area contributed by atoms with Gasteiger partial charge in [-0.2, -0.15) is 5.10 Å². The molecule has 1 aromatic carbocycles. The summed E-state index contributed by atoms with van der Waals surface area (Å²) in [6, 6.07) is 4.03. The first kappa shape index (κ1) is 12.3. The van der Waals surface area contributed by atoms with E-state index in [0.29, 0.717) is 26.2 Å². The van der Waals surface area contributed by atoms with Gasteiger partial charge in [0.05, 0.1) is 17.4 Å². The van der Waals surface area contributed by atoms with Gasteiger partial charge in [-0.1, -0.05) is 15.9 Å². The highest BCUT2D eigenvalue weighted by molar-refractivity contribution is 9.10. The van der Waals surface area contributed by atoms with E-state index in [-0.39, 0.29) is 0 Å². The summed E-state index contributed by atoms with van der Waals surface area (Å²) in [7, 11) is 0. The van der Waals surface area contributed by atoms with Gasteiger partial charge in [0, 0.05) is 36.0 Å². The molecule has 2 N–H and O–H groups in total. The zero-order chi connectivity index (χ0) is 13.4. The van der Waals surface area contributed by atoms with Crippen LogP contribution >= 0.6 is 15.9 Å².